The summed E-state index contributed by atoms with van der Waals surface area (Å²) in [6.45, 7) is 6.16. The molecule has 0 unspecified atom stereocenters. The molecule has 11 heavy (non-hydrogen) atoms. The Balaban J connectivity index is 2.58. The molecule has 1 heterocycles. The number of hydrogen-bond acceptors (Lipinski definition) is 2. The molecular formula is C9H15NO. The molecule has 62 valence electrons. The van der Waals surface area contributed by atoms with Crippen LogP contribution in [0, 0.1) is 0 Å². The molecule has 0 amide bonds. The van der Waals surface area contributed by atoms with Crippen molar-refractivity contribution in [2.75, 3.05) is 0 Å². The third-order valence-electron chi connectivity index (χ3n) is 1.49. The van der Waals surface area contributed by atoms with Gasteiger partial charge in [0, 0.05) is 12.6 Å². The monoisotopic (exact) mass is 153 g/mol. The summed E-state index contributed by atoms with van der Waals surface area (Å²) in [7, 11) is 0. The lowest BCUT2D eigenvalue weighted by Gasteiger charge is -2.25. The molecule has 0 aromatic carbocycles. The molecule has 0 aromatic heterocycles. The fourth-order valence-electron chi connectivity index (χ4n) is 1.05. The molecule has 0 aromatic rings. The van der Waals surface area contributed by atoms with Crippen LogP contribution < -0.4 is 0 Å². The topological polar surface area (TPSA) is 21.6 Å². The number of nitrogens with zero attached hydrogens (tertiary/aromatic N) is 1. The van der Waals surface area contributed by atoms with Crippen molar-refractivity contribution in [3.63, 3.8) is 0 Å². The Bertz CT molecular complexity index is 192. The Kier molecular flexibility index (Phi) is 2.32. The Morgan fingerprint density at radius 1 is 1.55 bits per heavy atom. The fraction of sp³-hybridized carbons (Fsp3) is 0.667. The van der Waals surface area contributed by atoms with Gasteiger partial charge in [-0.1, -0.05) is 6.92 Å². The summed E-state index contributed by atoms with van der Waals surface area (Å²) >= 11 is 0. The van der Waals surface area contributed by atoms with Crippen molar-refractivity contribution < 1.29 is 4.74 Å². The van der Waals surface area contributed by atoms with E-state index in [1.807, 2.05) is 20.1 Å². The van der Waals surface area contributed by atoms with Crippen molar-refractivity contribution in [3.05, 3.63) is 12.0 Å². The van der Waals surface area contributed by atoms with Crippen molar-refractivity contribution in [1.29, 1.82) is 0 Å². The molecule has 1 aliphatic heterocycles. The van der Waals surface area contributed by atoms with E-state index in [2.05, 4.69) is 11.9 Å². The maximum Gasteiger partial charge on any atom is 0.138 e. The van der Waals surface area contributed by atoms with E-state index < -0.39 is 0 Å². The van der Waals surface area contributed by atoms with Crippen LogP contribution in [0.4, 0.5) is 0 Å². The van der Waals surface area contributed by atoms with Gasteiger partial charge in [-0.15, -0.1) is 0 Å². The van der Waals surface area contributed by atoms with Crippen LogP contribution in [0.5, 0.6) is 0 Å². The predicted octanol–water partition coefficient (Wildman–Crippen LogP) is 2.51. The molecule has 0 saturated carbocycles. The first-order valence-corrected chi connectivity index (χ1v) is 4.06. The van der Waals surface area contributed by atoms with Gasteiger partial charge in [-0.2, -0.15) is 0 Å². The van der Waals surface area contributed by atoms with Crippen molar-refractivity contribution >= 4 is 6.21 Å². The quantitative estimate of drug-likeness (QED) is 0.597. The summed E-state index contributed by atoms with van der Waals surface area (Å²) in [5.74, 6) is 1.00. The first kappa shape index (κ1) is 8.31. The van der Waals surface area contributed by atoms with Crippen LogP contribution >= 0.6 is 0 Å². The first-order valence-electron chi connectivity index (χ1n) is 4.06. The highest BCUT2D eigenvalue weighted by molar-refractivity contribution is 5.69. The standard InChI is InChI=1S/C9H15NO/c1-4-5-8-6-10-7-9(2,3)11-8/h6-7H,4-5H2,1-3H3. The van der Waals surface area contributed by atoms with E-state index in [1.54, 1.807) is 6.20 Å². The van der Waals surface area contributed by atoms with Gasteiger partial charge in [0.2, 0.25) is 0 Å². The van der Waals surface area contributed by atoms with Crippen molar-refractivity contribution in [3.8, 4) is 0 Å². The number of hydrogen-bond donors (Lipinski definition) is 0. The van der Waals surface area contributed by atoms with Crippen LogP contribution in [0.2, 0.25) is 0 Å². The minimum Gasteiger partial charge on any atom is -0.485 e. The molecule has 2 heteroatoms. The van der Waals surface area contributed by atoms with E-state index in [-0.39, 0.29) is 5.60 Å². The summed E-state index contributed by atoms with van der Waals surface area (Å²) in [6, 6.07) is 0. The number of allylic oxidation sites excluding steroid dienone is 1. The lowest BCUT2D eigenvalue weighted by atomic mass is 10.1. The highest BCUT2D eigenvalue weighted by Crippen LogP contribution is 2.19. The van der Waals surface area contributed by atoms with Crippen LogP contribution in [0.1, 0.15) is 33.6 Å². The second kappa shape index (κ2) is 3.07. The van der Waals surface area contributed by atoms with E-state index in [0.717, 1.165) is 18.6 Å². The highest BCUT2D eigenvalue weighted by atomic mass is 16.5. The third kappa shape index (κ3) is 2.37. The molecule has 0 radical (unpaired) electrons. The summed E-state index contributed by atoms with van der Waals surface area (Å²) < 4.78 is 5.63. The zero-order valence-corrected chi connectivity index (χ0v) is 7.42. The molecule has 0 aliphatic carbocycles. The molecule has 0 N–H and O–H groups in total. The summed E-state index contributed by atoms with van der Waals surface area (Å²) in [6.07, 6.45) is 5.72. The molecule has 0 saturated heterocycles. The zero-order chi connectivity index (χ0) is 8.32. The molecular weight excluding hydrogens is 138 g/mol. The van der Waals surface area contributed by atoms with Crippen LogP contribution in [0.3, 0.4) is 0 Å². The van der Waals surface area contributed by atoms with Gasteiger partial charge in [-0.05, 0) is 20.3 Å². The van der Waals surface area contributed by atoms with Gasteiger partial charge in [-0.3, -0.25) is 4.99 Å². The van der Waals surface area contributed by atoms with Crippen LogP contribution in [-0.2, 0) is 4.74 Å². The molecule has 0 bridgehead atoms. The second-order valence-corrected chi connectivity index (χ2v) is 3.33. The smallest absolute Gasteiger partial charge is 0.138 e. The first-order chi connectivity index (χ1) is 5.14. The molecule has 0 atom stereocenters. The van der Waals surface area contributed by atoms with E-state index in [1.165, 1.54) is 0 Å². The normalized spacial score (nSPS) is 20.8. The Hall–Kier alpha value is -0.790. The SMILES string of the molecule is CCCC1=CN=CC(C)(C)O1. The highest BCUT2D eigenvalue weighted by Gasteiger charge is 2.19. The number of rotatable bonds is 2. The minimum atomic E-state index is -0.209. The summed E-state index contributed by atoms with van der Waals surface area (Å²) in [4.78, 5) is 4.12. The fourth-order valence-corrected chi connectivity index (χ4v) is 1.05. The maximum atomic E-state index is 5.63. The molecule has 1 rings (SSSR count). The van der Waals surface area contributed by atoms with Crippen molar-refractivity contribution in [2.45, 2.75) is 39.2 Å². The van der Waals surface area contributed by atoms with Crippen LogP contribution in [-0.4, -0.2) is 11.8 Å². The predicted molar refractivity (Wildman–Crippen MR) is 46.6 cm³/mol. The Morgan fingerprint density at radius 2 is 2.27 bits per heavy atom. The third-order valence-corrected chi connectivity index (χ3v) is 1.49. The average molecular weight is 153 g/mol. The maximum absolute atomic E-state index is 5.63. The van der Waals surface area contributed by atoms with E-state index >= 15 is 0 Å². The van der Waals surface area contributed by atoms with Crippen LogP contribution in [0.15, 0.2) is 17.0 Å². The molecule has 0 spiro atoms. The minimum absolute atomic E-state index is 0.209. The van der Waals surface area contributed by atoms with E-state index in [9.17, 15) is 0 Å². The Morgan fingerprint density at radius 3 is 2.82 bits per heavy atom. The van der Waals surface area contributed by atoms with Gasteiger partial charge in [0.05, 0.1) is 6.20 Å². The van der Waals surface area contributed by atoms with Gasteiger partial charge < -0.3 is 4.74 Å². The lowest BCUT2D eigenvalue weighted by molar-refractivity contribution is 0.0890. The van der Waals surface area contributed by atoms with Crippen molar-refractivity contribution in [1.82, 2.24) is 0 Å². The largest absolute Gasteiger partial charge is 0.485 e. The average Bonchev–Trinajstić information content (AvgIpc) is 1.85. The van der Waals surface area contributed by atoms with Crippen LogP contribution in [0.25, 0.3) is 0 Å². The molecule has 0 fully saturated rings. The summed E-state index contributed by atoms with van der Waals surface area (Å²) in [5.41, 5.74) is -0.209. The summed E-state index contributed by atoms with van der Waals surface area (Å²) in [5, 5.41) is 0. The van der Waals surface area contributed by atoms with E-state index in [4.69, 9.17) is 4.74 Å². The van der Waals surface area contributed by atoms with Gasteiger partial charge in [0.1, 0.15) is 11.4 Å². The Labute approximate surface area is 68.0 Å². The molecule has 1 aliphatic rings. The van der Waals surface area contributed by atoms with Gasteiger partial charge in [0.25, 0.3) is 0 Å². The molecule has 2 nitrogen and oxygen atoms in total. The zero-order valence-electron chi connectivity index (χ0n) is 7.42. The van der Waals surface area contributed by atoms with Gasteiger partial charge in [-0.25, -0.2) is 0 Å². The lowest BCUT2D eigenvalue weighted by Crippen LogP contribution is -2.27. The van der Waals surface area contributed by atoms with E-state index in [0.29, 0.717) is 0 Å². The number of aliphatic imine (C=N–C) groups is 1. The second-order valence-electron chi connectivity index (χ2n) is 3.33. The van der Waals surface area contributed by atoms with Gasteiger partial charge in [0.15, 0.2) is 0 Å². The van der Waals surface area contributed by atoms with Gasteiger partial charge >= 0.3 is 0 Å². The number of ether oxygens (including phenoxy) is 1. The van der Waals surface area contributed by atoms with Crippen molar-refractivity contribution in [2.24, 2.45) is 4.99 Å².